The highest BCUT2D eigenvalue weighted by Gasteiger charge is 2.41. The summed E-state index contributed by atoms with van der Waals surface area (Å²) < 4.78 is 38.9. The van der Waals surface area contributed by atoms with Crippen LogP contribution in [0.15, 0.2) is 0 Å². The standard InChI is InChI=1S/C13H28O7Si/c1-6-12(17-11-21(14-3,15-4)16-5)20-13(7-2)18-9-8-10-19-13/h12H,6-11H2,1-5H3. The van der Waals surface area contributed by atoms with E-state index in [2.05, 4.69) is 0 Å². The molecule has 1 heterocycles. The van der Waals surface area contributed by atoms with Crippen LogP contribution in [0, 0.1) is 0 Å². The molecule has 0 amide bonds. The summed E-state index contributed by atoms with van der Waals surface area (Å²) in [4.78, 5) is 0. The van der Waals surface area contributed by atoms with Crippen molar-refractivity contribution in [3.05, 3.63) is 0 Å². The van der Waals surface area contributed by atoms with E-state index in [4.69, 9.17) is 32.2 Å². The van der Waals surface area contributed by atoms with Gasteiger partial charge in [-0.2, -0.15) is 0 Å². The average Bonchev–Trinajstić information content (AvgIpc) is 2.56. The van der Waals surface area contributed by atoms with Crippen molar-refractivity contribution in [3.63, 3.8) is 0 Å². The largest absolute Gasteiger partial charge is 0.527 e. The molecule has 0 radical (unpaired) electrons. The third kappa shape index (κ3) is 5.26. The van der Waals surface area contributed by atoms with Gasteiger partial charge in [0.25, 0.3) is 5.97 Å². The highest BCUT2D eigenvalue weighted by molar-refractivity contribution is 6.60. The van der Waals surface area contributed by atoms with Crippen molar-refractivity contribution < 1.29 is 32.2 Å². The van der Waals surface area contributed by atoms with Crippen LogP contribution in [-0.2, 0) is 32.2 Å². The van der Waals surface area contributed by atoms with Gasteiger partial charge in [-0.05, 0) is 12.8 Å². The van der Waals surface area contributed by atoms with Crippen LogP contribution in [0.3, 0.4) is 0 Å². The zero-order valence-electron chi connectivity index (χ0n) is 13.7. The Morgan fingerprint density at radius 1 is 1.05 bits per heavy atom. The fourth-order valence-corrected chi connectivity index (χ4v) is 3.21. The predicted molar refractivity (Wildman–Crippen MR) is 77.4 cm³/mol. The van der Waals surface area contributed by atoms with Crippen molar-refractivity contribution in [2.24, 2.45) is 0 Å². The fourth-order valence-electron chi connectivity index (χ4n) is 1.97. The maximum atomic E-state index is 5.90. The van der Waals surface area contributed by atoms with Gasteiger partial charge in [0.2, 0.25) is 0 Å². The molecule has 0 bridgehead atoms. The molecule has 1 aliphatic heterocycles. The monoisotopic (exact) mass is 324 g/mol. The van der Waals surface area contributed by atoms with Gasteiger partial charge in [-0.25, -0.2) is 0 Å². The Bertz CT molecular complexity index is 271. The molecular formula is C13H28O7Si. The van der Waals surface area contributed by atoms with Gasteiger partial charge in [0.05, 0.1) is 13.2 Å². The summed E-state index contributed by atoms with van der Waals surface area (Å²) in [5.74, 6) is -1.02. The van der Waals surface area contributed by atoms with E-state index in [-0.39, 0.29) is 6.23 Å². The van der Waals surface area contributed by atoms with Crippen molar-refractivity contribution in [2.45, 2.75) is 45.4 Å². The van der Waals surface area contributed by atoms with Crippen LogP contribution in [0.2, 0.25) is 0 Å². The summed E-state index contributed by atoms with van der Waals surface area (Å²) in [5, 5.41) is 0. The van der Waals surface area contributed by atoms with E-state index in [0.29, 0.717) is 26.1 Å². The van der Waals surface area contributed by atoms with Gasteiger partial charge in [-0.1, -0.05) is 13.8 Å². The van der Waals surface area contributed by atoms with Gasteiger partial charge in [0.1, 0.15) is 6.23 Å². The lowest BCUT2D eigenvalue weighted by atomic mass is 10.3. The molecule has 0 aliphatic carbocycles. The lowest BCUT2D eigenvalue weighted by molar-refractivity contribution is -0.434. The third-order valence-corrected chi connectivity index (χ3v) is 5.78. The number of hydrogen-bond donors (Lipinski definition) is 0. The topological polar surface area (TPSA) is 64.6 Å². The van der Waals surface area contributed by atoms with Gasteiger partial charge >= 0.3 is 8.80 Å². The van der Waals surface area contributed by atoms with Crippen molar-refractivity contribution >= 4 is 8.80 Å². The second kappa shape index (κ2) is 9.16. The number of rotatable bonds is 10. The molecule has 1 atom stereocenters. The Morgan fingerprint density at radius 2 is 1.62 bits per heavy atom. The Labute approximate surface area is 128 Å². The van der Waals surface area contributed by atoms with Crippen molar-refractivity contribution in [2.75, 3.05) is 40.8 Å². The molecular weight excluding hydrogens is 296 g/mol. The molecule has 0 saturated carbocycles. The van der Waals surface area contributed by atoms with Crippen LogP contribution in [-0.4, -0.2) is 61.8 Å². The molecule has 1 unspecified atom stereocenters. The van der Waals surface area contributed by atoms with Crippen LogP contribution >= 0.6 is 0 Å². The zero-order valence-corrected chi connectivity index (χ0v) is 14.7. The van der Waals surface area contributed by atoms with E-state index < -0.39 is 21.1 Å². The Hall–Kier alpha value is -0.0631. The molecule has 0 aromatic heterocycles. The van der Waals surface area contributed by atoms with E-state index >= 15 is 0 Å². The fraction of sp³-hybridized carbons (Fsp3) is 1.00. The van der Waals surface area contributed by atoms with E-state index in [1.807, 2.05) is 13.8 Å². The first-order valence-corrected chi connectivity index (χ1v) is 9.25. The molecule has 126 valence electrons. The van der Waals surface area contributed by atoms with Gasteiger partial charge in [0, 0.05) is 27.8 Å². The molecule has 1 fully saturated rings. The van der Waals surface area contributed by atoms with E-state index in [9.17, 15) is 0 Å². The molecule has 0 spiro atoms. The molecule has 7 nitrogen and oxygen atoms in total. The summed E-state index contributed by atoms with van der Waals surface area (Å²) >= 11 is 0. The SMILES string of the molecule is CCC(OC[Si](OC)(OC)OC)OC1(CC)OCCCO1. The molecule has 21 heavy (non-hydrogen) atoms. The summed E-state index contributed by atoms with van der Waals surface area (Å²) in [6.45, 7) is 5.16. The lowest BCUT2D eigenvalue weighted by Gasteiger charge is -2.38. The minimum absolute atomic E-state index is 0.203. The minimum atomic E-state index is -2.78. The average molecular weight is 324 g/mol. The van der Waals surface area contributed by atoms with Gasteiger partial charge in [-0.3, -0.25) is 4.74 Å². The highest BCUT2D eigenvalue weighted by Crippen LogP contribution is 2.27. The Morgan fingerprint density at radius 3 is 2.05 bits per heavy atom. The van der Waals surface area contributed by atoms with E-state index in [0.717, 1.165) is 6.42 Å². The molecule has 1 saturated heterocycles. The molecule has 8 heteroatoms. The van der Waals surface area contributed by atoms with Gasteiger partial charge in [0.15, 0.2) is 6.29 Å². The lowest BCUT2D eigenvalue weighted by Crippen LogP contribution is -2.51. The normalized spacial score (nSPS) is 20.4. The second-order valence-corrected chi connectivity index (χ2v) is 7.53. The first-order valence-electron chi connectivity index (χ1n) is 7.32. The third-order valence-electron chi connectivity index (χ3n) is 3.39. The first kappa shape index (κ1) is 19.0. The molecule has 1 rings (SSSR count). The molecule has 0 aromatic carbocycles. The Kier molecular flexibility index (Phi) is 8.28. The van der Waals surface area contributed by atoms with Crippen molar-refractivity contribution in [3.8, 4) is 0 Å². The predicted octanol–water partition coefficient (Wildman–Crippen LogP) is 1.67. The molecule has 0 N–H and O–H groups in total. The Balaban J connectivity index is 2.57. The summed E-state index contributed by atoms with van der Waals surface area (Å²) in [6.07, 6.45) is 1.84. The van der Waals surface area contributed by atoms with Crippen molar-refractivity contribution in [1.82, 2.24) is 0 Å². The number of ether oxygens (including phenoxy) is 4. The molecule has 1 aliphatic rings. The minimum Gasteiger partial charge on any atom is -0.375 e. The maximum Gasteiger partial charge on any atom is 0.527 e. The summed E-state index contributed by atoms with van der Waals surface area (Å²) in [7, 11) is 1.86. The van der Waals surface area contributed by atoms with Crippen LogP contribution in [0.4, 0.5) is 0 Å². The van der Waals surface area contributed by atoms with Crippen LogP contribution in [0.25, 0.3) is 0 Å². The smallest absolute Gasteiger partial charge is 0.375 e. The number of hydrogen-bond acceptors (Lipinski definition) is 7. The van der Waals surface area contributed by atoms with Gasteiger partial charge in [-0.15, -0.1) is 0 Å². The maximum absolute atomic E-state index is 5.90. The van der Waals surface area contributed by atoms with Gasteiger partial charge < -0.3 is 27.5 Å². The molecule has 0 aromatic rings. The van der Waals surface area contributed by atoms with Crippen LogP contribution < -0.4 is 0 Å². The van der Waals surface area contributed by atoms with Crippen molar-refractivity contribution in [1.29, 1.82) is 0 Å². The quantitative estimate of drug-likeness (QED) is 0.447. The van der Waals surface area contributed by atoms with E-state index in [1.54, 1.807) is 21.3 Å². The summed E-state index contributed by atoms with van der Waals surface area (Å²) in [5.41, 5.74) is 0. The first-order chi connectivity index (χ1) is 10.1. The van der Waals surface area contributed by atoms with E-state index in [1.165, 1.54) is 0 Å². The summed E-state index contributed by atoms with van der Waals surface area (Å²) in [6, 6.07) is 0. The highest BCUT2D eigenvalue weighted by atomic mass is 28.4. The van der Waals surface area contributed by atoms with Crippen LogP contribution in [0.1, 0.15) is 33.1 Å². The van der Waals surface area contributed by atoms with Crippen LogP contribution in [0.5, 0.6) is 0 Å². The second-order valence-electron chi connectivity index (χ2n) is 4.65. The zero-order chi connectivity index (χ0) is 15.8.